The van der Waals surface area contributed by atoms with Gasteiger partial charge in [0.05, 0.1) is 0 Å². The number of hydrogen-bond acceptors (Lipinski definition) is 2. The second-order valence-corrected chi connectivity index (χ2v) is 7.05. The summed E-state index contributed by atoms with van der Waals surface area (Å²) >= 11 is 0. The highest BCUT2D eigenvalue weighted by atomic mass is 16.3. The van der Waals surface area contributed by atoms with Crippen molar-refractivity contribution in [3.63, 3.8) is 0 Å². The van der Waals surface area contributed by atoms with Gasteiger partial charge in [0.25, 0.3) is 0 Å². The Morgan fingerprint density at radius 2 is 2.05 bits per heavy atom. The summed E-state index contributed by atoms with van der Waals surface area (Å²) in [6.07, 6.45) is 10.3. The van der Waals surface area contributed by atoms with Crippen molar-refractivity contribution >= 4 is 0 Å². The van der Waals surface area contributed by atoms with E-state index in [2.05, 4.69) is 33.4 Å². The molecule has 2 aliphatic carbocycles. The van der Waals surface area contributed by atoms with Crippen molar-refractivity contribution in [3.8, 4) is 0 Å². The van der Waals surface area contributed by atoms with Crippen molar-refractivity contribution < 1.29 is 10.2 Å². The lowest BCUT2D eigenvalue weighted by Crippen LogP contribution is -2.24. The van der Waals surface area contributed by atoms with Gasteiger partial charge in [-0.15, -0.1) is 0 Å². The maximum absolute atomic E-state index is 10.6. The van der Waals surface area contributed by atoms with E-state index >= 15 is 0 Å². The van der Waals surface area contributed by atoms with Crippen molar-refractivity contribution in [1.29, 1.82) is 0 Å². The summed E-state index contributed by atoms with van der Waals surface area (Å²) < 4.78 is 0. The normalized spacial score (nSPS) is 29.1. The van der Waals surface area contributed by atoms with Gasteiger partial charge in [0, 0.05) is 17.9 Å². The molecule has 0 spiro atoms. The summed E-state index contributed by atoms with van der Waals surface area (Å²) in [5.41, 5.74) is 3.21. The van der Waals surface area contributed by atoms with Crippen molar-refractivity contribution in [2.75, 3.05) is 0 Å². The Morgan fingerprint density at radius 1 is 1.32 bits per heavy atom. The monoisotopic (exact) mass is 302 g/mol. The van der Waals surface area contributed by atoms with E-state index in [0.29, 0.717) is 18.1 Å². The molecule has 0 aromatic carbocycles. The van der Waals surface area contributed by atoms with Crippen LogP contribution in [-0.2, 0) is 0 Å². The van der Waals surface area contributed by atoms with Gasteiger partial charge in [-0.3, -0.25) is 0 Å². The molecule has 3 atom stereocenters. The van der Waals surface area contributed by atoms with Crippen molar-refractivity contribution in [2.24, 2.45) is 17.8 Å². The summed E-state index contributed by atoms with van der Waals surface area (Å²) in [6, 6.07) is 0. The van der Waals surface area contributed by atoms with E-state index in [1.54, 1.807) is 0 Å². The summed E-state index contributed by atoms with van der Waals surface area (Å²) in [4.78, 5) is 0. The van der Waals surface area contributed by atoms with Crippen LogP contribution in [0.15, 0.2) is 47.0 Å². The maximum Gasteiger partial charge on any atom is 0.119 e. The minimum atomic E-state index is 0.0645. The minimum Gasteiger partial charge on any atom is -0.512 e. The maximum atomic E-state index is 10.6. The Bertz CT molecular complexity index is 522. The number of rotatable bonds is 5. The van der Waals surface area contributed by atoms with E-state index < -0.39 is 0 Å². The van der Waals surface area contributed by atoms with Crippen LogP contribution in [0.25, 0.3) is 0 Å². The molecule has 0 aromatic heterocycles. The predicted molar refractivity (Wildman–Crippen MR) is 92.8 cm³/mol. The summed E-state index contributed by atoms with van der Waals surface area (Å²) in [5.74, 6) is 1.30. The molecule has 2 nitrogen and oxygen atoms in total. The van der Waals surface area contributed by atoms with Crippen LogP contribution in [0.3, 0.4) is 0 Å². The molecular formula is C20H30O2. The first-order valence-electron chi connectivity index (χ1n) is 8.59. The number of hydrogen-bond donors (Lipinski definition) is 2. The van der Waals surface area contributed by atoms with Gasteiger partial charge in [-0.2, -0.15) is 0 Å². The van der Waals surface area contributed by atoms with Gasteiger partial charge in [-0.1, -0.05) is 43.6 Å². The molecule has 122 valence electrons. The van der Waals surface area contributed by atoms with Gasteiger partial charge in [0.15, 0.2) is 0 Å². The molecule has 0 aromatic rings. The topological polar surface area (TPSA) is 40.5 Å². The third kappa shape index (κ3) is 3.66. The van der Waals surface area contributed by atoms with Gasteiger partial charge < -0.3 is 10.2 Å². The molecule has 0 amide bonds. The third-order valence-electron chi connectivity index (χ3n) is 5.08. The molecule has 0 bridgehead atoms. The molecule has 0 saturated carbocycles. The van der Waals surface area contributed by atoms with E-state index in [9.17, 15) is 10.2 Å². The molecule has 0 fully saturated rings. The molecule has 2 rings (SSSR count). The SMILES string of the molecule is C=C(C)[C@@H]1CCC(C)=CC1C1=C(O)CC(CCCC)C=C1O. The molecule has 2 aliphatic rings. The Balaban J connectivity index is 2.28. The van der Waals surface area contributed by atoms with Crippen molar-refractivity contribution in [3.05, 3.63) is 47.0 Å². The summed E-state index contributed by atoms with van der Waals surface area (Å²) in [7, 11) is 0. The Hall–Kier alpha value is -1.44. The largest absolute Gasteiger partial charge is 0.512 e. The van der Waals surface area contributed by atoms with Gasteiger partial charge in [0.1, 0.15) is 11.5 Å². The fraction of sp³-hybridized carbons (Fsp3) is 0.600. The number of unbranched alkanes of at least 4 members (excludes halogenated alkanes) is 1. The van der Waals surface area contributed by atoms with Crippen LogP contribution in [0.1, 0.15) is 59.3 Å². The fourth-order valence-electron chi connectivity index (χ4n) is 3.80. The Labute approximate surface area is 134 Å². The van der Waals surface area contributed by atoms with Gasteiger partial charge in [0.2, 0.25) is 0 Å². The summed E-state index contributed by atoms with van der Waals surface area (Å²) in [6.45, 7) is 10.5. The molecule has 0 heterocycles. The predicted octanol–water partition coefficient (Wildman–Crippen LogP) is 6.00. The lowest BCUT2D eigenvalue weighted by Gasteiger charge is -2.34. The Kier molecular flexibility index (Phi) is 5.55. The molecule has 2 unspecified atom stereocenters. The van der Waals surface area contributed by atoms with Gasteiger partial charge in [-0.25, -0.2) is 0 Å². The van der Waals surface area contributed by atoms with Crippen LogP contribution in [0.5, 0.6) is 0 Å². The second kappa shape index (κ2) is 7.21. The zero-order chi connectivity index (χ0) is 16.3. The minimum absolute atomic E-state index is 0.0645. The highest BCUT2D eigenvalue weighted by Gasteiger charge is 2.33. The summed E-state index contributed by atoms with van der Waals surface area (Å²) in [5, 5.41) is 21.1. The van der Waals surface area contributed by atoms with Gasteiger partial charge >= 0.3 is 0 Å². The van der Waals surface area contributed by atoms with Crippen LogP contribution in [-0.4, -0.2) is 10.2 Å². The molecule has 0 radical (unpaired) electrons. The lowest BCUT2D eigenvalue weighted by atomic mass is 9.71. The van der Waals surface area contributed by atoms with Gasteiger partial charge in [-0.05, 0) is 51.0 Å². The Morgan fingerprint density at radius 3 is 2.64 bits per heavy atom. The quantitative estimate of drug-likeness (QED) is 0.611. The van der Waals surface area contributed by atoms with Crippen molar-refractivity contribution in [1.82, 2.24) is 0 Å². The van der Waals surface area contributed by atoms with E-state index in [1.807, 2.05) is 6.08 Å². The zero-order valence-corrected chi connectivity index (χ0v) is 14.2. The first-order chi connectivity index (χ1) is 10.4. The van der Waals surface area contributed by atoms with E-state index in [0.717, 1.165) is 43.3 Å². The van der Waals surface area contributed by atoms with Crippen LogP contribution in [0, 0.1) is 17.8 Å². The first-order valence-corrected chi connectivity index (χ1v) is 8.59. The van der Waals surface area contributed by atoms with Crippen LogP contribution in [0.2, 0.25) is 0 Å². The smallest absolute Gasteiger partial charge is 0.119 e. The second-order valence-electron chi connectivity index (χ2n) is 7.05. The number of aliphatic hydroxyl groups is 2. The highest BCUT2D eigenvalue weighted by molar-refractivity contribution is 5.39. The van der Waals surface area contributed by atoms with Crippen molar-refractivity contribution in [2.45, 2.75) is 59.3 Å². The van der Waals surface area contributed by atoms with E-state index in [-0.39, 0.29) is 17.6 Å². The molecule has 22 heavy (non-hydrogen) atoms. The molecule has 2 N–H and O–H groups in total. The van der Waals surface area contributed by atoms with Crippen LogP contribution in [0.4, 0.5) is 0 Å². The fourth-order valence-corrected chi connectivity index (χ4v) is 3.80. The average molecular weight is 302 g/mol. The molecule has 2 heteroatoms. The standard InChI is InChI=1S/C20H30O2/c1-5-6-7-15-11-18(21)20(19(22)12-15)17-10-14(4)8-9-16(17)13(2)3/h10-11,15-17,21-22H,2,5-9,12H2,1,3-4H3/t15?,16-,17?/m0/s1. The van der Waals surface area contributed by atoms with Crippen LogP contribution < -0.4 is 0 Å². The lowest BCUT2D eigenvalue weighted by molar-refractivity contribution is 0.297. The number of allylic oxidation sites excluding steroid dienone is 6. The first kappa shape index (κ1) is 16.9. The zero-order valence-electron chi connectivity index (χ0n) is 14.2. The van der Waals surface area contributed by atoms with E-state index in [4.69, 9.17) is 0 Å². The highest BCUT2D eigenvalue weighted by Crippen LogP contribution is 2.43. The molecule has 0 aliphatic heterocycles. The van der Waals surface area contributed by atoms with E-state index in [1.165, 1.54) is 5.57 Å². The third-order valence-corrected chi connectivity index (χ3v) is 5.08. The average Bonchev–Trinajstić information content (AvgIpc) is 2.44. The number of aliphatic hydroxyl groups excluding tert-OH is 2. The molecule has 0 saturated heterocycles. The van der Waals surface area contributed by atoms with Crippen LogP contribution >= 0.6 is 0 Å². The molecular weight excluding hydrogens is 272 g/mol.